The number of hydrogen-bond donors (Lipinski definition) is 1. The van der Waals surface area contributed by atoms with Crippen molar-refractivity contribution in [3.05, 3.63) is 0 Å². The van der Waals surface area contributed by atoms with E-state index in [-0.39, 0.29) is 5.91 Å². The first-order valence-corrected chi connectivity index (χ1v) is 3.20. The number of nitrogens with zero attached hydrogens (tertiary/aromatic N) is 1. The summed E-state index contributed by atoms with van der Waals surface area (Å²) in [6, 6.07) is 0. The van der Waals surface area contributed by atoms with Crippen molar-refractivity contribution in [2.75, 3.05) is 33.7 Å². The largest absolute Gasteiger partial charge is 0.327 e. The molecule has 9 heavy (non-hydrogen) atoms. The van der Waals surface area contributed by atoms with E-state index in [0.717, 1.165) is 13.1 Å². The third-order valence-electron chi connectivity index (χ3n) is 1.80. The van der Waals surface area contributed by atoms with Gasteiger partial charge in [0.05, 0.1) is 20.6 Å². The number of rotatable bonds is 0. The van der Waals surface area contributed by atoms with Crippen molar-refractivity contribution in [1.29, 1.82) is 0 Å². The third-order valence-corrected chi connectivity index (χ3v) is 1.80. The van der Waals surface area contributed by atoms with Gasteiger partial charge in [0.15, 0.2) is 0 Å². The fraction of sp³-hybridized carbons (Fsp3) is 0.833. The first-order chi connectivity index (χ1) is 4.13. The van der Waals surface area contributed by atoms with Crippen molar-refractivity contribution in [1.82, 2.24) is 5.32 Å². The molecule has 0 aromatic rings. The summed E-state index contributed by atoms with van der Waals surface area (Å²) in [6.45, 7) is 2.41. The van der Waals surface area contributed by atoms with Gasteiger partial charge in [-0.05, 0) is 0 Å². The molecule has 1 fully saturated rings. The first kappa shape index (κ1) is 6.71. The lowest BCUT2D eigenvalue weighted by molar-refractivity contribution is -0.815. The molecule has 1 rings (SSSR count). The lowest BCUT2D eigenvalue weighted by atomic mass is 10.3. The van der Waals surface area contributed by atoms with Crippen molar-refractivity contribution in [3.8, 4) is 0 Å². The van der Waals surface area contributed by atoms with E-state index in [1.807, 2.05) is 14.1 Å². The molecular formula is C6H13N2O+. The Kier molecular flexibility index (Phi) is 1.55. The number of hydrogen-bond acceptors (Lipinski definition) is 2. The Morgan fingerprint density at radius 3 is 2.56 bits per heavy atom. The molecule has 1 N–H and O–H groups in total. The van der Waals surface area contributed by atoms with Crippen LogP contribution in [0.4, 0.5) is 0 Å². The molecule has 0 aromatic carbocycles. The standard InChI is InChI=1S/C6H13N2O/c1-8(2)4-3-7-5-6(8)9/h7H,3-5H2,1-2H3/q+1. The minimum absolute atomic E-state index is 0.279. The van der Waals surface area contributed by atoms with Crippen LogP contribution < -0.4 is 5.32 Å². The van der Waals surface area contributed by atoms with E-state index in [1.165, 1.54) is 0 Å². The number of nitrogens with one attached hydrogen (secondary N) is 1. The Morgan fingerprint density at radius 1 is 1.56 bits per heavy atom. The second kappa shape index (κ2) is 2.08. The topological polar surface area (TPSA) is 29.1 Å². The molecule has 1 saturated heterocycles. The van der Waals surface area contributed by atoms with Crippen LogP contribution in [0, 0.1) is 0 Å². The van der Waals surface area contributed by atoms with Gasteiger partial charge in [-0.25, -0.2) is 4.79 Å². The third kappa shape index (κ3) is 1.28. The average molecular weight is 129 g/mol. The molecule has 0 aromatic heterocycles. The van der Waals surface area contributed by atoms with E-state index in [1.54, 1.807) is 0 Å². The molecule has 0 radical (unpaired) electrons. The van der Waals surface area contributed by atoms with Crippen molar-refractivity contribution in [2.24, 2.45) is 0 Å². The minimum Gasteiger partial charge on any atom is -0.300 e. The predicted octanol–water partition coefficient (Wildman–Crippen LogP) is -0.807. The van der Waals surface area contributed by atoms with Crippen LogP contribution in [0.3, 0.4) is 0 Å². The summed E-state index contributed by atoms with van der Waals surface area (Å²) in [5.41, 5.74) is 0. The fourth-order valence-electron chi connectivity index (χ4n) is 0.893. The number of quaternary nitrogens is 1. The zero-order valence-electron chi connectivity index (χ0n) is 5.98. The van der Waals surface area contributed by atoms with Crippen LogP contribution in [0.2, 0.25) is 0 Å². The van der Waals surface area contributed by atoms with Gasteiger partial charge in [0.25, 0.3) is 0 Å². The molecule has 52 valence electrons. The Hall–Kier alpha value is -0.410. The Labute approximate surface area is 55.2 Å². The van der Waals surface area contributed by atoms with E-state index >= 15 is 0 Å². The Bertz CT molecular complexity index is 131. The predicted molar refractivity (Wildman–Crippen MR) is 34.9 cm³/mol. The summed E-state index contributed by atoms with van der Waals surface area (Å²) >= 11 is 0. The second-order valence-corrected chi connectivity index (χ2v) is 2.98. The normalized spacial score (nSPS) is 26.2. The molecule has 1 amide bonds. The van der Waals surface area contributed by atoms with Gasteiger partial charge in [-0.15, -0.1) is 0 Å². The summed E-state index contributed by atoms with van der Waals surface area (Å²) in [5.74, 6) is 0.279. The number of carbonyl (C=O) groups is 1. The van der Waals surface area contributed by atoms with Gasteiger partial charge in [0.1, 0.15) is 6.54 Å². The van der Waals surface area contributed by atoms with Crippen molar-refractivity contribution >= 4 is 5.91 Å². The van der Waals surface area contributed by atoms with Crippen LogP contribution in [0.25, 0.3) is 0 Å². The quantitative estimate of drug-likeness (QED) is 0.433. The van der Waals surface area contributed by atoms with Gasteiger partial charge >= 0.3 is 5.91 Å². The van der Waals surface area contributed by atoms with E-state index < -0.39 is 0 Å². The number of amides is 1. The highest BCUT2D eigenvalue weighted by atomic mass is 16.2. The van der Waals surface area contributed by atoms with Crippen LogP contribution in [-0.4, -0.2) is 44.1 Å². The van der Waals surface area contributed by atoms with Crippen LogP contribution in [0.5, 0.6) is 0 Å². The second-order valence-electron chi connectivity index (χ2n) is 2.98. The van der Waals surface area contributed by atoms with Crippen LogP contribution >= 0.6 is 0 Å². The van der Waals surface area contributed by atoms with Gasteiger partial charge in [-0.3, -0.25) is 9.80 Å². The highest BCUT2D eigenvalue weighted by Gasteiger charge is 2.28. The smallest absolute Gasteiger partial charge is 0.300 e. The zero-order valence-corrected chi connectivity index (χ0v) is 5.98. The Balaban J connectivity index is 2.60. The van der Waals surface area contributed by atoms with E-state index in [2.05, 4.69) is 5.32 Å². The summed E-state index contributed by atoms with van der Waals surface area (Å²) in [6.07, 6.45) is 0. The van der Waals surface area contributed by atoms with Crippen molar-refractivity contribution in [3.63, 3.8) is 0 Å². The van der Waals surface area contributed by atoms with Gasteiger partial charge < -0.3 is 0 Å². The summed E-state index contributed by atoms with van der Waals surface area (Å²) in [7, 11) is 3.90. The van der Waals surface area contributed by atoms with Gasteiger partial charge in [-0.2, -0.15) is 0 Å². The molecule has 1 heterocycles. The lowest BCUT2D eigenvalue weighted by Gasteiger charge is -2.30. The van der Waals surface area contributed by atoms with E-state index in [0.29, 0.717) is 11.0 Å². The average Bonchev–Trinajstić information content (AvgIpc) is 1.77. The molecular weight excluding hydrogens is 116 g/mol. The van der Waals surface area contributed by atoms with Crippen molar-refractivity contribution in [2.45, 2.75) is 0 Å². The highest BCUT2D eigenvalue weighted by Crippen LogP contribution is 1.99. The molecule has 0 bridgehead atoms. The van der Waals surface area contributed by atoms with Gasteiger partial charge in [-0.1, -0.05) is 0 Å². The van der Waals surface area contributed by atoms with E-state index in [4.69, 9.17) is 0 Å². The number of likely N-dealkylation sites (N-methyl/N-ethyl adjacent to an activating group) is 1. The molecule has 1 aliphatic heterocycles. The summed E-state index contributed by atoms with van der Waals surface area (Å²) in [5, 5.41) is 3.02. The van der Waals surface area contributed by atoms with Gasteiger partial charge in [0.2, 0.25) is 0 Å². The lowest BCUT2D eigenvalue weighted by Crippen LogP contribution is -2.57. The summed E-state index contributed by atoms with van der Waals surface area (Å²) in [4.78, 5) is 11.0. The highest BCUT2D eigenvalue weighted by molar-refractivity contribution is 5.71. The maximum Gasteiger partial charge on any atom is 0.327 e. The molecule has 0 aliphatic carbocycles. The maximum atomic E-state index is 11.0. The molecule has 0 atom stereocenters. The molecule has 3 heteroatoms. The first-order valence-electron chi connectivity index (χ1n) is 3.20. The molecule has 1 aliphatic rings. The number of carbonyl (C=O) groups excluding carboxylic acids is 1. The Morgan fingerprint density at radius 2 is 2.22 bits per heavy atom. The van der Waals surface area contributed by atoms with Crippen molar-refractivity contribution < 1.29 is 9.28 Å². The monoisotopic (exact) mass is 129 g/mol. The summed E-state index contributed by atoms with van der Waals surface area (Å²) < 4.78 is 0.535. The number of piperazine rings is 1. The molecule has 3 nitrogen and oxygen atoms in total. The van der Waals surface area contributed by atoms with Gasteiger partial charge in [0, 0.05) is 6.54 Å². The molecule has 0 saturated carbocycles. The van der Waals surface area contributed by atoms with E-state index in [9.17, 15) is 4.79 Å². The molecule has 0 unspecified atom stereocenters. The van der Waals surface area contributed by atoms with Crippen LogP contribution in [0.15, 0.2) is 0 Å². The van der Waals surface area contributed by atoms with Crippen LogP contribution in [-0.2, 0) is 4.79 Å². The maximum absolute atomic E-state index is 11.0. The van der Waals surface area contributed by atoms with Crippen LogP contribution in [0.1, 0.15) is 0 Å². The fourth-order valence-corrected chi connectivity index (χ4v) is 0.893. The zero-order chi connectivity index (χ0) is 6.91. The molecule has 0 spiro atoms. The minimum atomic E-state index is 0.279. The SMILES string of the molecule is C[N+]1(C)CCNCC1=O.